The number of carbonyl (C=O) groups is 2. The molecule has 0 aliphatic heterocycles. The SMILES string of the molecule is C=CCOC(=O)OCC(=O)OCc1ccc(OC)cc1. The molecule has 6 heteroatoms. The number of rotatable bonds is 7. The molecule has 0 saturated heterocycles. The zero-order valence-corrected chi connectivity index (χ0v) is 11.2. The summed E-state index contributed by atoms with van der Waals surface area (Å²) in [4.78, 5) is 22.3. The van der Waals surface area contributed by atoms with Gasteiger partial charge in [0, 0.05) is 0 Å². The molecule has 0 amide bonds. The first-order chi connectivity index (χ1) is 9.65. The molecule has 20 heavy (non-hydrogen) atoms. The lowest BCUT2D eigenvalue weighted by Crippen LogP contribution is -2.17. The molecule has 0 atom stereocenters. The van der Waals surface area contributed by atoms with E-state index in [4.69, 9.17) is 9.47 Å². The van der Waals surface area contributed by atoms with Crippen molar-refractivity contribution in [2.75, 3.05) is 20.3 Å². The molecule has 1 rings (SSSR count). The molecule has 0 saturated carbocycles. The number of hydrogen-bond donors (Lipinski definition) is 0. The minimum atomic E-state index is -0.939. The fourth-order valence-electron chi connectivity index (χ4n) is 1.21. The van der Waals surface area contributed by atoms with Gasteiger partial charge in [-0.25, -0.2) is 9.59 Å². The maximum absolute atomic E-state index is 11.3. The first kappa shape index (κ1) is 15.6. The summed E-state index contributed by atoms with van der Waals surface area (Å²) < 4.78 is 19.0. The average Bonchev–Trinajstić information content (AvgIpc) is 2.49. The lowest BCUT2D eigenvalue weighted by molar-refractivity contribution is -0.149. The van der Waals surface area contributed by atoms with E-state index in [-0.39, 0.29) is 13.2 Å². The molecule has 0 unspecified atom stereocenters. The van der Waals surface area contributed by atoms with Crippen LogP contribution in [0, 0.1) is 0 Å². The first-order valence-electron chi connectivity index (χ1n) is 5.84. The van der Waals surface area contributed by atoms with Crippen molar-refractivity contribution in [1.82, 2.24) is 0 Å². The molecule has 0 aliphatic rings. The number of esters is 1. The second-order valence-electron chi connectivity index (χ2n) is 3.65. The number of methoxy groups -OCH3 is 1. The Labute approximate surface area is 116 Å². The van der Waals surface area contributed by atoms with E-state index in [9.17, 15) is 9.59 Å². The van der Waals surface area contributed by atoms with Gasteiger partial charge in [0.1, 0.15) is 19.0 Å². The van der Waals surface area contributed by atoms with Crippen LogP contribution >= 0.6 is 0 Å². The molecule has 0 radical (unpaired) electrons. The van der Waals surface area contributed by atoms with Crippen molar-refractivity contribution in [1.29, 1.82) is 0 Å². The third kappa shape index (κ3) is 5.90. The quantitative estimate of drug-likeness (QED) is 0.562. The number of hydrogen-bond acceptors (Lipinski definition) is 6. The Bertz CT molecular complexity index is 451. The summed E-state index contributed by atoms with van der Waals surface area (Å²) in [7, 11) is 1.57. The second kappa shape index (κ2) is 8.58. The Balaban J connectivity index is 2.25. The Kier molecular flexibility index (Phi) is 6.67. The maximum atomic E-state index is 11.3. The Morgan fingerprint density at radius 1 is 1.15 bits per heavy atom. The lowest BCUT2D eigenvalue weighted by atomic mass is 10.2. The Morgan fingerprint density at radius 2 is 1.85 bits per heavy atom. The van der Waals surface area contributed by atoms with Crippen LogP contribution in [-0.4, -0.2) is 32.4 Å². The van der Waals surface area contributed by atoms with Crippen LogP contribution in [0.25, 0.3) is 0 Å². The molecule has 0 fully saturated rings. The van der Waals surface area contributed by atoms with Crippen LogP contribution in [0.2, 0.25) is 0 Å². The van der Waals surface area contributed by atoms with E-state index in [1.165, 1.54) is 6.08 Å². The molecule has 0 bridgehead atoms. The molecular formula is C14H16O6. The van der Waals surface area contributed by atoms with Crippen molar-refractivity contribution in [3.05, 3.63) is 42.5 Å². The highest BCUT2D eigenvalue weighted by molar-refractivity contribution is 5.73. The van der Waals surface area contributed by atoms with Gasteiger partial charge in [-0.15, -0.1) is 0 Å². The van der Waals surface area contributed by atoms with E-state index in [2.05, 4.69) is 16.1 Å². The van der Waals surface area contributed by atoms with E-state index >= 15 is 0 Å². The van der Waals surface area contributed by atoms with Crippen molar-refractivity contribution < 1.29 is 28.5 Å². The average molecular weight is 280 g/mol. The van der Waals surface area contributed by atoms with Gasteiger partial charge in [-0.3, -0.25) is 0 Å². The van der Waals surface area contributed by atoms with Crippen LogP contribution in [0.5, 0.6) is 5.75 Å². The topological polar surface area (TPSA) is 71.1 Å². The summed E-state index contributed by atoms with van der Waals surface area (Å²) in [6.45, 7) is 2.99. The Morgan fingerprint density at radius 3 is 2.45 bits per heavy atom. The normalized spacial score (nSPS) is 9.45. The minimum absolute atomic E-state index is 0.0275. The van der Waals surface area contributed by atoms with Crippen molar-refractivity contribution in [3.63, 3.8) is 0 Å². The van der Waals surface area contributed by atoms with Gasteiger partial charge in [0.2, 0.25) is 0 Å². The van der Waals surface area contributed by atoms with Crippen LogP contribution in [0.4, 0.5) is 4.79 Å². The van der Waals surface area contributed by atoms with Crippen molar-refractivity contribution in [2.24, 2.45) is 0 Å². The van der Waals surface area contributed by atoms with Gasteiger partial charge in [0.05, 0.1) is 7.11 Å². The van der Waals surface area contributed by atoms with Gasteiger partial charge < -0.3 is 18.9 Å². The Hall–Kier alpha value is -2.50. The third-order valence-electron chi connectivity index (χ3n) is 2.19. The fraction of sp³-hybridized carbons (Fsp3) is 0.286. The molecule has 0 heterocycles. The highest BCUT2D eigenvalue weighted by Gasteiger charge is 2.09. The third-order valence-corrected chi connectivity index (χ3v) is 2.19. The summed E-state index contributed by atoms with van der Waals surface area (Å²) in [5.74, 6) is 0.0599. The second-order valence-corrected chi connectivity index (χ2v) is 3.65. The predicted molar refractivity (Wildman–Crippen MR) is 70.3 cm³/mol. The number of benzene rings is 1. The maximum Gasteiger partial charge on any atom is 0.509 e. The summed E-state index contributed by atoms with van der Waals surface area (Å²) in [6, 6.07) is 7.05. The molecule has 108 valence electrons. The smallest absolute Gasteiger partial charge is 0.497 e. The van der Waals surface area contributed by atoms with Crippen LogP contribution in [0.3, 0.4) is 0 Å². The fourth-order valence-corrected chi connectivity index (χ4v) is 1.21. The minimum Gasteiger partial charge on any atom is -0.497 e. The van der Waals surface area contributed by atoms with E-state index in [1.54, 1.807) is 31.4 Å². The molecule has 6 nitrogen and oxygen atoms in total. The summed E-state index contributed by atoms with van der Waals surface area (Å²) in [5, 5.41) is 0. The van der Waals surface area contributed by atoms with Crippen molar-refractivity contribution in [3.8, 4) is 5.75 Å². The molecule has 1 aromatic carbocycles. The highest BCUT2D eigenvalue weighted by Crippen LogP contribution is 2.11. The highest BCUT2D eigenvalue weighted by atomic mass is 16.7. The van der Waals surface area contributed by atoms with Gasteiger partial charge in [-0.1, -0.05) is 24.8 Å². The van der Waals surface area contributed by atoms with E-state index in [1.807, 2.05) is 0 Å². The first-order valence-corrected chi connectivity index (χ1v) is 5.84. The van der Waals surface area contributed by atoms with E-state index < -0.39 is 18.7 Å². The van der Waals surface area contributed by atoms with Crippen molar-refractivity contribution in [2.45, 2.75) is 6.61 Å². The van der Waals surface area contributed by atoms with Crippen molar-refractivity contribution >= 4 is 12.1 Å². The van der Waals surface area contributed by atoms with Gasteiger partial charge in [0.25, 0.3) is 0 Å². The summed E-state index contributed by atoms with van der Waals surface area (Å²) >= 11 is 0. The number of carbonyl (C=O) groups excluding carboxylic acids is 2. The predicted octanol–water partition coefficient (Wildman–Crippen LogP) is 2.08. The zero-order chi connectivity index (χ0) is 14.8. The van der Waals surface area contributed by atoms with E-state index in [0.29, 0.717) is 5.75 Å². The summed E-state index contributed by atoms with van der Waals surface area (Å²) in [6.07, 6.45) is 0.454. The zero-order valence-electron chi connectivity index (χ0n) is 11.2. The van der Waals surface area contributed by atoms with Gasteiger partial charge in [-0.05, 0) is 17.7 Å². The molecular weight excluding hydrogens is 264 g/mol. The monoisotopic (exact) mass is 280 g/mol. The molecule has 0 N–H and O–H groups in total. The van der Waals surface area contributed by atoms with E-state index in [0.717, 1.165) is 5.56 Å². The van der Waals surface area contributed by atoms with Crippen LogP contribution in [0.1, 0.15) is 5.56 Å². The molecule has 1 aromatic rings. The van der Waals surface area contributed by atoms with Crippen LogP contribution in [0.15, 0.2) is 36.9 Å². The molecule has 0 aromatic heterocycles. The van der Waals surface area contributed by atoms with Gasteiger partial charge in [0.15, 0.2) is 6.61 Å². The lowest BCUT2D eigenvalue weighted by Gasteiger charge is -2.06. The molecule has 0 spiro atoms. The summed E-state index contributed by atoms with van der Waals surface area (Å²) in [5.41, 5.74) is 0.799. The van der Waals surface area contributed by atoms with Crippen LogP contribution in [-0.2, 0) is 25.6 Å². The van der Waals surface area contributed by atoms with Gasteiger partial charge >= 0.3 is 12.1 Å². The molecule has 0 aliphatic carbocycles. The largest absolute Gasteiger partial charge is 0.509 e. The number of ether oxygens (including phenoxy) is 4. The van der Waals surface area contributed by atoms with Crippen LogP contribution < -0.4 is 4.74 Å². The standard InChI is InChI=1S/C14H16O6/c1-3-8-18-14(16)20-10-13(15)19-9-11-4-6-12(17-2)7-5-11/h3-7H,1,8-10H2,2H3. The van der Waals surface area contributed by atoms with Gasteiger partial charge in [-0.2, -0.15) is 0 Å².